The van der Waals surface area contributed by atoms with Crippen LogP contribution in [-0.2, 0) is 4.79 Å². The van der Waals surface area contributed by atoms with Gasteiger partial charge in [0.25, 0.3) is 0 Å². The lowest BCUT2D eigenvalue weighted by Gasteiger charge is -2.36. The van der Waals surface area contributed by atoms with Crippen molar-refractivity contribution in [3.8, 4) is 11.5 Å². The number of methoxy groups -OCH3 is 1. The molecule has 0 spiro atoms. The standard InChI is InChI=1S/C20H30N2O4/c1-25-18-6-8-19(9-7-18)26-15-17(23)14-21-10-12-22(13-11-21)20(24)16-4-2-3-5-16/h6-9,16-17,23H,2-5,10-15H2,1H3. The quantitative estimate of drug-likeness (QED) is 0.801. The molecule has 6 heteroatoms. The summed E-state index contributed by atoms with van der Waals surface area (Å²) in [5.74, 6) is 2.09. The van der Waals surface area contributed by atoms with Crippen molar-refractivity contribution in [1.82, 2.24) is 9.80 Å². The van der Waals surface area contributed by atoms with E-state index in [1.165, 1.54) is 12.8 Å². The van der Waals surface area contributed by atoms with Crippen LogP contribution in [0.5, 0.6) is 11.5 Å². The van der Waals surface area contributed by atoms with Gasteiger partial charge in [0, 0.05) is 38.6 Å². The Bertz CT molecular complexity index is 564. The van der Waals surface area contributed by atoms with Crippen LogP contribution in [0, 0.1) is 5.92 Å². The first-order valence-electron chi connectivity index (χ1n) is 9.62. The summed E-state index contributed by atoms with van der Waals surface area (Å²) in [6.45, 7) is 3.99. The summed E-state index contributed by atoms with van der Waals surface area (Å²) in [6, 6.07) is 7.34. The predicted molar refractivity (Wildman–Crippen MR) is 99.5 cm³/mol. The number of rotatable bonds is 7. The molecule has 26 heavy (non-hydrogen) atoms. The molecule has 3 rings (SSSR count). The van der Waals surface area contributed by atoms with E-state index in [0.717, 1.165) is 50.5 Å². The lowest BCUT2D eigenvalue weighted by atomic mass is 10.1. The molecular weight excluding hydrogens is 332 g/mol. The molecule has 6 nitrogen and oxygen atoms in total. The maximum absolute atomic E-state index is 12.5. The number of piperazine rings is 1. The molecule has 1 aromatic carbocycles. The fraction of sp³-hybridized carbons (Fsp3) is 0.650. The van der Waals surface area contributed by atoms with Gasteiger partial charge in [-0.25, -0.2) is 0 Å². The predicted octanol–water partition coefficient (Wildman–Crippen LogP) is 1.77. The molecule has 0 aromatic heterocycles. The van der Waals surface area contributed by atoms with Crippen LogP contribution in [0.25, 0.3) is 0 Å². The molecule has 1 atom stereocenters. The summed E-state index contributed by atoms with van der Waals surface area (Å²) in [5.41, 5.74) is 0. The van der Waals surface area contributed by atoms with Crippen molar-refractivity contribution < 1.29 is 19.4 Å². The molecule has 144 valence electrons. The summed E-state index contributed by atoms with van der Waals surface area (Å²) in [4.78, 5) is 16.7. The zero-order valence-corrected chi connectivity index (χ0v) is 15.6. The maximum atomic E-state index is 12.5. The summed E-state index contributed by atoms with van der Waals surface area (Å²) < 4.78 is 10.8. The van der Waals surface area contributed by atoms with Crippen molar-refractivity contribution >= 4 is 5.91 Å². The molecule has 2 aliphatic rings. The Morgan fingerprint density at radius 1 is 1.12 bits per heavy atom. The van der Waals surface area contributed by atoms with Crippen molar-refractivity contribution in [3.63, 3.8) is 0 Å². The van der Waals surface area contributed by atoms with Gasteiger partial charge in [-0.2, -0.15) is 0 Å². The summed E-state index contributed by atoms with van der Waals surface area (Å²) >= 11 is 0. The Hall–Kier alpha value is -1.79. The monoisotopic (exact) mass is 362 g/mol. The van der Waals surface area contributed by atoms with Crippen LogP contribution in [0.1, 0.15) is 25.7 Å². The molecule has 1 heterocycles. The molecule has 1 saturated heterocycles. The number of aliphatic hydroxyl groups is 1. The fourth-order valence-corrected chi connectivity index (χ4v) is 3.80. The third kappa shape index (κ3) is 5.11. The van der Waals surface area contributed by atoms with E-state index in [9.17, 15) is 9.90 Å². The molecule has 1 amide bonds. The Morgan fingerprint density at radius 3 is 2.35 bits per heavy atom. The maximum Gasteiger partial charge on any atom is 0.225 e. The fourth-order valence-electron chi connectivity index (χ4n) is 3.80. The average molecular weight is 362 g/mol. The molecule has 1 N–H and O–H groups in total. The number of β-amino-alcohol motifs (C(OH)–C–C–N with tert-alkyl or cyclic N) is 1. The Balaban J connectivity index is 1.36. The van der Waals surface area contributed by atoms with Gasteiger partial charge in [0.2, 0.25) is 5.91 Å². The second-order valence-corrected chi connectivity index (χ2v) is 7.25. The molecule has 1 unspecified atom stereocenters. The summed E-state index contributed by atoms with van der Waals surface area (Å²) in [6.07, 6.45) is 3.95. The van der Waals surface area contributed by atoms with Gasteiger partial charge in [-0.3, -0.25) is 9.69 Å². The van der Waals surface area contributed by atoms with Gasteiger partial charge in [-0.05, 0) is 37.1 Å². The van der Waals surface area contributed by atoms with E-state index in [1.54, 1.807) is 7.11 Å². The highest BCUT2D eigenvalue weighted by molar-refractivity contribution is 5.79. The molecule has 1 aliphatic carbocycles. The number of aliphatic hydroxyl groups excluding tert-OH is 1. The van der Waals surface area contributed by atoms with E-state index in [1.807, 2.05) is 29.2 Å². The second kappa shape index (κ2) is 9.24. The van der Waals surface area contributed by atoms with E-state index >= 15 is 0 Å². The third-order valence-electron chi connectivity index (χ3n) is 5.36. The molecule has 0 bridgehead atoms. The molecule has 0 radical (unpaired) electrons. The average Bonchev–Trinajstić information content (AvgIpc) is 3.21. The molecule has 1 aromatic rings. The SMILES string of the molecule is COc1ccc(OCC(O)CN2CCN(C(=O)C3CCCC3)CC2)cc1. The van der Waals surface area contributed by atoms with Gasteiger partial charge in [-0.15, -0.1) is 0 Å². The zero-order valence-electron chi connectivity index (χ0n) is 15.6. The Labute approximate surface area is 155 Å². The van der Waals surface area contributed by atoms with E-state index < -0.39 is 6.10 Å². The first-order chi connectivity index (χ1) is 12.7. The molecule has 2 fully saturated rings. The highest BCUT2D eigenvalue weighted by Gasteiger charge is 2.29. The van der Waals surface area contributed by atoms with Crippen molar-refractivity contribution in [2.24, 2.45) is 5.92 Å². The van der Waals surface area contributed by atoms with Crippen LogP contribution in [0.4, 0.5) is 0 Å². The lowest BCUT2D eigenvalue weighted by molar-refractivity contribution is -0.137. The van der Waals surface area contributed by atoms with Crippen LogP contribution < -0.4 is 9.47 Å². The number of nitrogens with zero attached hydrogens (tertiary/aromatic N) is 2. The number of amides is 1. The van der Waals surface area contributed by atoms with Crippen molar-refractivity contribution in [2.75, 3.05) is 46.4 Å². The molecule has 1 aliphatic heterocycles. The highest BCUT2D eigenvalue weighted by atomic mass is 16.5. The van der Waals surface area contributed by atoms with Crippen molar-refractivity contribution in [3.05, 3.63) is 24.3 Å². The second-order valence-electron chi connectivity index (χ2n) is 7.25. The number of hydrogen-bond acceptors (Lipinski definition) is 5. The van der Waals surface area contributed by atoms with Crippen LogP contribution in [0.15, 0.2) is 24.3 Å². The van der Waals surface area contributed by atoms with Crippen LogP contribution in [-0.4, -0.2) is 73.4 Å². The number of carbonyl (C=O) groups is 1. The van der Waals surface area contributed by atoms with Crippen LogP contribution in [0.3, 0.4) is 0 Å². The van der Waals surface area contributed by atoms with Gasteiger partial charge in [0.1, 0.15) is 24.2 Å². The smallest absolute Gasteiger partial charge is 0.225 e. The largest absolute Gasteiger partial charge is 0.497 e. The third-order valence-corrected chi connectivity index (χ3v) is 5.36. The number of carbonyl (C=O) groups excluding carboxylic acids is 1. The van der Waals surface area contributed by atoms with Crippen LogP contribution in [0.2, 0.25) is 0 Å². The number of ether oxygens (including phenoxy) is 2. The van der Waals surface area contributed by atoms with Crippen molar-refractivity contribution in [1.29, 1.82) is 0 Å². The summed E-state index contributed by atoms with van der Waals surface area (Å²) in [5, 5.41) is 10.2. The first kappa shape index (κ1) is 19.0. The zero-order chi connectivity index (χ0) is 18.4. The van der Waals surface area contributed by atoms with E-state index in [2.05, 4.69) is 4.90 Å². The number of hydrogen-bond donors (Lipinski definition) is 1. The van der Waals surface area contributed by atoms with E-state index in [-0.39, 0.29) is 12.5 Å². The van der Waals surface area contributed by atoms with E-state index in [4.69, 9.17) is 9.47 Å². The van der Waals surface area contributed by atoms with Gasteiger partial charge < -0.3 is 19.5 Å². The Morgan fingerprint density at radius 2 is 1.73 bits per heavy atom. The Kier molecular flexibility index (Phi) is 6.74. The van der Waals surface area contributed by atoms with Gasteiger partial charge in [0.05, 0.1) is 7.11 Å². The number of benzene rings is 1. The van der Waals surface area contributed by atoms with Gasteiger partial charge in [-0.1, -0.05) is 12.8 Å². The minimum absolute atomic E-state index is 0.255. The minimum Gasteiger partial charge on any atom is -0.497 e. The topological polar surface area (TPSA) is 62.2 Å². The normalized spacial score (nSPS) is 20.2. The minimum atomic E-state index is -0.547. The lowest BCUT2D eigenvalue weighted by Crippen LogP contribution is -2.52. The summed E-state index contributed by atoms with van der Waals surface area (Å²) in [7, 11) is 1.63. The van der Waals surface area contributed by atoms with Crippen LogP contribution >= 0.6 is 0 Å². The van der Waals surface area contributed by atoms with Crippen molar-refractivity contribution in [2.45, 2.75) is 31.8 Å². The molecular formula is C20H30N2O4. The van der Waals surface area contributed by atoms with Gasteiger partial charge >= 0.3 is 0 Å². The molecule has 1 saturated carbocycles. The van der Waals surface area contributed by atoms with Gasteiger partial charge in [0.15, 0.2) is 0 Å². The highest BCUT2D eigenvalue weighted by Crippen LogP contribution is 2.27. The first-order valence-corrected chi connectivity index (χ1v) is 9.62. The van der Waals surface area contributed by atoms with E-state index in [0.29, 0.717) is 12.5 Å².